The second-order valence-corrected chi connectivity index (χ2v) is 10.5. The Balaban J connectivity index is 1.65. The van der Waals surface area contributed by atoms with Crippen LogP contribution in [0.3, 0.4) is 0 Å². The summed E-state index contributed by atoms with van der Waals surface area (Å²) in [6.45, 7) is 4.71. The number of aldehydes is 1. The lowest BCUT2D eigenvalue weighted by Crippen LogP contribution is -2.17. The number of carbonyl (C=O) groups excluding carboxylic acids is 1. The maximum Gasteiger partial charge on any atom is 0.305 e. The number of hydrogen-bond acceptors (Lipinski definition) is 4. The summed E-state index contributed by atoms with van der Waals surface area (Å²) in [4.78, 5) is 22.5. The third-order valence-electron chi connectivity index (χ3n) is 6.99. The summed E-state index contributed by atoms with van der Waals surface area (Å²) in [5, 5.41) is 22.3. The predicted octanol–water partition coefficient (Wildman–Crippen LogP) is 7.26. The van der Waals surface area contributed by atoms with E-state index in [1.165, 1.54) is 12.1 Å². The number of benzene rings is 3. The van der Waals surface area contributed by atoms with Crippen LogP contribution in [0.2, 0.25) is 0 Å². The molecule has 40 heavy (non-hydrogen) atoms. The number of aliphatic hydroxyl groups is 1. The van der Waals surface area contributed by atoms with Gasteiger partial charge < -0.3 is 24.9 Å². The average Bonchev–Trinajstić information content (AvgIpc) is 3.37. The molecule has 4 rings (SSSR count). The lowest BCUT2D eigenvalue weighted by molar-refractivity contribution is -0.139. The maximum atomic E-state index is 13.9. The van der Waals surface area contributed by atoms with E-state index in [1.807, 2.05) is 41.2 Å². The molecule has 0 aliphatic heterocycles. The van der Waals surface area contributed by atoms with Crippen molar-refractivity contribution >= 4 is 23.6 Å². The van der Waals surface area contributed by atoms with Gasteiger partial charge in [0, 0.05) is 36.1 Å². The van der Waals surface area contributed by atoms with Crippen molar-refractivity contribution in [2.45, 2.75) is 51.7 Å². The largest absolute Gasteiger partial charge is 0.481 e. The fourth-order valence-electron chi connectivity index (χ4n) is 4.84. The molecule has 2 atom stereocenters. The normalized spacial score (nSPS) is 12.7. The van der Waals surface area contributed by atoms with Gasteiger partial charge >= 0.3 is 5.97 Å². The third-order valence-corrected chi connectivity index (χ3v) is 6.99. The van der Waals surface area contributed by atoms with Gasteiger partial charge in [-0.25, -0.2) is 4.39 Å². The van der Waals surface area contributed by atoms with Gasteiger partial charge in [0.1, 0.15) is 12.1 Å². The molecule has 0 amide bonds. The summed E-state index contributed by atoms with van der Waals surface area (Å²) in [6.07, 6.45) is 3.99. The van der Waals surface area contributed by atoms with Crippen LogP contribution in [-0.2, 0) is 16.1 Å². The molecule has 7 heteroatoms. The van der Waals surface area contributed by atoms with Crippen molar-refractivity contribution in [2.75, 3.05) is 5.32 Å². The quantitative estimate of drug-likeness (QED) is 0.155. The second-order valence-electron chi connectivity index (χ2n) is 10.5. The molecule has 0 aliphatic carbocycles. The van der Waals surface area contributed by atoms with Crippen LogP contribution in [-0.4, -0.2) is 33.1 Å². The number of carboxylic acid groups (broad SMARTS) is 1. The summed E-state index contributed by atoms with van der Waals surface area (Å²) < 4.78 is 15.8. The fraction of sp³-hybridized carbons (Fsp3) is 0.273. The maximum absolute atomic E-state index is 13.9. The molecular weight excluding hydrogens is 507 g/mol. The van der Waals surface area contributed by atoms with E-state index >= 15 is 0 Å². The SMILES string of the molecule is CC(C)c1cc(Nc2ccn(CC(C=O)CCC(O)CC(=O)O)c2)c(-c2ccc(F)cc2)c(-c2ccccc2)c1. The number of anilines is 2. The van der Waals surface area contributed by atoms with Crippen LogP contribution in [0.15, 0.2) is 85.2 Å². The molecule has 0 fully saturated rings. The first-order valence-corrected chi connectivity index (χ1v) is 13.5. The molecule has 0 bridgehead atoms. The van der Waals surface area contributed by atoms with Gasteiger partial charge in [0.05, 0.1) is 18.2 Å². The van der Waals surface area contributed by atoms with E-state index < -0.39 is 12.1 Å². The van der Waals surface area contributed by atoms with Gasteiger partial charge in [-0.15, -0.1) is 0 Å². The van der Waals surface area contributed by atoms with Crippen LogP contribution in [0.1, 0.15) is 44.6 Å². The van der Waals surface area contributed by atoms with Crippen molar-refractivity contribution < 1.29 is 24.2 Å². The Morgan fingerprint density at radius 2 is 1.73 bits per heavy atom. The highest BCUT2D eigenvalue weighted by atomic mass is 19.1. The molecular formula is C33H35FN2O4. The Bertz CT molecular complexity index is 1430. The predicted molar refractivity (Wildman–Crippen MR) is 156 cm³/mol. The first-order valence-electron chi connectivity index (χ1n) is 13.5. The highest BCUT2D eigenvalue weighted by Gasteiger charge is 2.18. The summed E-state index contributed by atoms with van der Waals surface area (Å²) in [5.41, 5.74) is 6.83. The molecule has 1 heterocycles. The molecule has 6 nitrogen and oxygen atoms in total. The van der Waals surface area contributed by atoms with Gasteiger partial charge in [-0.3, -0.25) is 4.79 Å². The topological polar surface area (TPSA) is 91.6 Å². The van der Waals surface area contributed by atoms with Crippen LogP contribution in [0, 0.1) is 11.7 Å². The third kappa shape index (κ3) is 7.45. The van der Waals surface area contributed by atoms with Crippen LogP contribution in [0.25, 0.3) is 22.3 Å². The van der Waals surface area contributed by atoms with Gasteiger partial charge in [0.2, 0.25) is 0 Å². The monoisotopic (exact) mass is 542 g/mol. The van der Waals surface area contributed by atoms with E-state index in [-0.39, 0.29) is 30.5 Å². The molecule has 0 saturated carbocycles. The Morgan fingerprint density at radius 1 is 1.00 bits per heavy atom. The standard InChI is InChI=1S/C33H35FN2O4/c1-22(2)26-16-30(24-6-4-3-5-7-24)33(25-9-11-27(34)12-10-25)31(17-26)35-28-14-15-36(20-28)19-23(21-37)8-13-29(38)18-32(39)40/h3-7,9-12,14-17,20-23,29,35,38H,8,13,18-19H2,1-2H3,(H,39,40). The number of rotatable bonds is 13. The van der Waals surface area contributed by atoms with Gasteiger partial charge in [-0.05, 0) is 65.3 Å². The molecule has 2 unspecified atom stereocenters. The Hall–Kier alpha value is -4.23. The molecule has 1 aromatic heterocycles. The Labute approximate surface area is 234 Å². The minimum absolute atomic E-state index is 0.243. The number of carboxylic acids is 1. The first kappa shape index (κ1) is 28.8. The second kappa shape index (κ2) is 13.2. The molecule has 0 radical (unpaired) electrons. The van der Waals surface area contributed by atoms with Crippen molar-refractivity contribution in [1.82, 2.24) is 4.57 Å². The summed E-state index contributed by atoms with van der Waals surface area (Å²) in [7, 11) is 0. The summed E-state index contributed by atoms with van der Waals surface area (Å²) in [6, 6.07) is 22.9. The number of nitrogens with one attached hydrogen (secondary N) is 1. The zero-order valence-electron chi connectivity index (χ0n) is 22.8. The number of nitrogens with zero attached hydrogens (tertiary/aromatic N) is 1. The van der Waals surface area contributed by atoms with Crippen molar-refractivity contribution in [1.29, 1.82) is 0 Å². The number of aromatic nitrogens is 1. The van der Waals surface area contributed by atoms with Crippen molar-refractivity contribution in [3.8, 4) is 22.3 Å². The first-order chi connectivity index (χ1) is 19.2. The van der Waals surface area contributed by atoms with E-state index in [1.54, 1.807) is 12.1 Å². The summed E-state index contributed by atoms with van der Waals surface area (Å²) >= 11 is 0. The highest BCUT2D eigenvalue weighted by Crippen LogP contribution is 2.41. The molecule has 4 aromatic rings. The molecule has 3 N–H and O–H groups in total. The minimum atomic E-state index is -1.06. The zero-order chi connectivity index (χ0) is 28.6. The van der Waals surface area contributed by atoms with Crippen molar-refractivity contribution in [3.63, 3.8) is 0 Å². The molecule has 0 saturated heterocycles. The fourth-order valence-corrected chi connectivity index (χ4v) is 4.84. The molecule has 0 aliphatic rings. The van der Waals surface area contributed by atoms with Crippen molar-refractivity contribution in [3.05, 3.63) is 96.6 Å². The molecule has 208 valence electrons. The van der Waals surface area contributed by atoms with E-state index in [4.69, 9.17) is 5.11 Å². The number of aliphatic hydroxyl groups excluding tert-OH is 1. The average molecular weight is 543 g/mol. The zero-order valence-corrected chi connectivity index (χ0v) is 22.8. The minimum Gasteiger partial charge on any atom is -0.481 e. The highest BCUT2D eigenvalue weighted by molar-refractivity contribution is 5.94. The lowest BCUT2D eigenvalue weighted by atomic mass is 9.88. The molecule has 3 aromatic carbocycles. The van der Waals surface area contributed by atoms with Crippen molar-refractivity contribution in [2.24, 2.45) is 5.92 Å². The van der Waals surface area contributed by atoms with Gasteiger partial charge in [0.15, 0.2) is 0 Å². The van der Waals surface area contributed by atoms with Gasteiger partial charge in [0.25, 0.3) is 0 Å². The Morgan fingerprint density at radius 3 is 2.38 bits per heavy atom. The molecule has 0 spiro atoms. The number of carbonyl (C=O) groups is 2. The number of halogens is 1. The van der Waals surface area contributed by atoms with E-state index in [0.717, 1.165) is 45.5 Å². The number of hydrogen-bond donors (Lipinski definition) is 3. The lowest BCUT2D eigenvalue weighted by Gasteiger charge is -2.20. The summed E-state index contributed by atoms with van der Waals surface area (Å²) in [5.74, 6) is -1.43. The smallest absolute Gasteiger partial charge is 0.305 e. The Kier molecular flexibility index (Phi) is 9.51. The van der Waals surface area contributed by atoms with Crippen LogP contribution >= 0.6 is 0 Å². The van der Waals surface area contributed by atoms with E-state index in [2.05, 4.69) is 43.4 Å². The van der Waals surface area contributed by atoms with E-state index in [9.17, 15) is 19.1 Å². The van der Waals surface area contributed by atoms with Gasteiger partial charge in [-0.1, -0.05) is 62.4 Å². The van der Waals surface area contributed by atoms with Crippen LogP contribution in [0.5, 0.6) is 0 Å². The van der Waals surface area contributed by atoms with Crippen LogP contribution in [0.4, 0.5) is 15.8 Å². The number of aliphatic carboxylic acids is 1. The van der Waals surface area contributed by atoms with Crippen LogP contribution < -0.4 is 5.32 Å². The van der Waals surface area contributed by atoms with Gasteiger partial charge in [-0.2, -0.15) is 0 Å². The van der Waals surface area contributed by atoms with E-state index in [0.29, 0.717) is 13.0 Å².